The van der Waals surface area contributed by atoms with E-state index in [1.54, 1.807) is 12.5 Å². The Balaban J connectivity index is 1.15. The van der Waals surface area contributed by atoms with E-state index in [1.807, 2.05) is 42.7 Å². The summed E-state index contributed by atoms with van der Waals surface area (Å²) in [5.74, 6) is 0.354. The van der Waals surface area contributed by atoms with Gasteiger partial charge in [0.25, 0.3) is 0 Å². The largest absolute Gasteiger partial charge is 0.490 e. The number of anilines is 1. The molecule has 11 heteroatoms. The quantitative estimate of drug-likeness (QED) is 0.455. The molecule has 10 nitrogen and oxygen atoms in total. The molecule has 0 amide bonds. The van der Waals surface area contributed by atoms with Crippen LogP contribution in [0.15, 0.2) is 43.1 Å². The van der Waals surface area contributed by atoms with Gasteiger partial charge in [0, 0.05) is 30.5 Å². The zero-order valence-electron chi connectivity index (χ0n) is 19.1. The molecule has 3 aromatic heterocycles. The first-order valence-electron chi connectivity index (χ1n) is 11.5. The van der Waals surface area contributed by atoms with Crippen LogP contribution in [0.25, 0.3) is 22.1 Å². The van der Waals surface area contributed by atoms with Crippen molar-refractivity contribution < 1.29 is 18.9 Å². The lowest BCUT2D eigenvalue weighted by atomic mass is 9.73. The maximum atomic E-state index is 6.65. The second kappa shape index (κ2) is 7.23. The van der Waals surface area contributed by atoms with E-state index in [0.29, 0.717) is 34.8 Å². The minimum absolute atomic E-state index is 0.0241. The Bertz CT molecular complexity index is 1470. The lowest BCUT2D eigenvalue weighted by molar-refractivity contribution is -0.249. The molecule has 3 fully saturated rings. The number of fused-ring (bicyclic) bond motifs is 4. The molecular formula is C24H23ClN6O4. The Kier molecular flexibility index (Phi) is 4.39. The standard InChI is InChI=1S/C24H23ClN6O4/c1-23(2)33-18-19(34-23)24(35-22(18)31-11-30-17-20(26)28-10-29-21(17)31)7-15(8-24)32-14-4-3-12-5-13(25)9-27-16(12)6-14/h3-6,9-11,15,18-19,22H,7-8H2,1-2H3,(H2,26,28,29)/t15-,18-,19+,22-,24-/m1/s1. The molecule has 7 rings (SSSR count). The topological polar surface area (TPSA) is 119 Å². The summed E-state index contributed by atoms with van der Waals surface area (Å²) < 4.78 is 27.4. The minimum atomic E-state index is -0.730. The second-order valence-electron chi connectivity index (χ2n) is 9.83. The summed E-state index contributed by atoms with van der Waals surface area (Å²) in [6, 6.07) is 7.71. The molecule has 5 heterocycles. The van der Waals surface area contributed by atoms with Gasteiger partial charge in [-0.1, -0.05) is 11.6 Å². The smallest absolute Gasteiger partial charge is 0.167 e. The van der Waals surface area contributed by atoms with Crippen LogP contribution in [0.4, 0.5) is 5.82 Å². The Morgan fingerprint density at radius 1 is 1.09 bits per heavy atom. The molecule has 3 atom stereocenters. The lowest BCUT2D eigenvalue weighted by Crippen LogP contribution is -2.57. The van der Waals surface area contributed by atoms with Crippen molar-refractivity contribution in [2.75, 3.05) is 5.73 Å². The third kappa shape index (κ3) is 3.28. The second-order valence-corrected chi connectivity index (χ2v) is 10.3. The Morgan fingerprint density at radius 3 is 2.80 bits per heavy atom. The molecule has 0 unspecified atom stereocenters. The van der Waals surface area contributed by atoms with Crippen molar-refractivity contribution >= 4 is 39.5 Å². The maximum absolute atomic E-state index is 6.65. The Morgan fingerprint density at radius 2 is 1.94 bits per heavy atom. The van der Waals surface area contributed by atoms with Crippen LogP contribution in [0.5, 0.6) is 5.75 Å². The van der Waals surface area contributed by atoms with Gasteiger partial charge >= 0.3 is 0 Å². The Labute approximate surface area is 205 Å². The third-order valence-electron chi connectivity index (χ3n) is 7.02. The molecule has 1 saturated carbocycles. The molecule has 3 aliphatic rings. The van der Waals surface area contributed by atoms with Crippen LogP contribution in [-0.2, 0) is 14.2 Å². The molecule has 0 bridgehead atoms. The van der Waals surface area contributed by atoms with Crippen LogP contribution in [-0.4, -0.2) is 54.2 Å². The van der Waals surface area contributed by atoms with Gasteiger partial charge in [-0.15, -0.1) is 0 Å². The van der Waals surface area contributed by atoms with Gasteiger partial charge in [0.15, 0.2) is 23.5 Å². The average molecular weight is 495 g/mol. The van der Waals surface area contributed by atoms with E-state index in [0.717, 1.165) is 16.7 Å². The molecule has 2 N–H and O–H groups in total. The van der Waals surface area contributed by atoms with Crippen LogP contribution in [0.1, 0.15) is 32.9 Å². The number of pyridine rings is 1. The van der Waals surface area contributed by atoms with Crippen molar-refractivity contribution in [3.8, 4) is 5.75 Å². The fraction of sp³-hybridized carbons (Fsp3) is 0.417. The molecular weight excluding hydrogens is 472 g/mol. The predicted octanol–water partition coefficient (Wildman–Crippen LogP) is 3.64. The number of imidazole rings is 1. The fourth-order valence-electron chi connectivity index (χ4n) is 5.51. The van der Waals surface area contributed by atoms with Crippen molar-refractivity contribution in [1.82, 2.24) is 24.5 Å². The first kappa shape index (κ1) is 21.3. The van der Waals surface area contributed by atoms with Crippen molar-refractivity contribution in [3.63, 3.8) is 0 Å². The molecule has 1 aromatic carbocycles. The van der Waals surface area contributed by atoms with Gasteiger partial charge in [0.2, 0.25) is 0 Å². The first-order chi connectivity index (χ1) is 16.8. The first-order valence-corrected chi connectivity index (χ1v) is 11.9. The van der Waals surface area contributed by atoms with Crippen molar-refractivity contribution in [2.24, 2.45) is 0 Å². The zero-order chi connectivity index (χ0) is 23.9. The molecule has 180 valence electrons. The van der Waals surface area contributed by atoms with Gasteiger partial charge in [-0.3, -0.25) is 9.55 Å². The van der Waals surface area contributed by atoms with Gasteiger partial charge in [0.05, 0.1) is 16.9 Å². The monoisotopic (exact) mass is 494 g/mol. The van der Waals surface area contributed by atoms with E-state index < -0.39 is 17.6 Å². The highest BCUT2D eigenvalue weighted by Crippen LogP contribution is 2.56. The van der Waals surface area contributed by atoms with Crippen LogP contribution >= 0.6 is 11.6 Å². The summed E-state index contributed by atoms with van der Waals surface area (Å²) >= 11 is 6.05. The van der Waals surface area contributed by atoms with Crippen molar-refractivity contribution in [2.45, 2.75) is 62.6 Å². The highest BCUT2D eigenvalue weighted by Gasteiger charge is 2.68. The zero-order valence-corrected chi connectivity index (χ0v) is 19.8. The van der Waals surface area contributed by atoms with Crippen molar-refractivity contribution in [3.05, 3.63) is 48.1 Å². The number of rotatable bonds is 3. The number of nitrogens with two attached hydrogens (primary N) is 1. The summed E-state index contributed by atoms with van der Waals surface area (Å²) in [6.07, 6.45) is 5.00. The van der Waals surface area contributed by atoms with E-state index in [9.17, 15) is 0 Å². The SMILES string of the molecule is CC1(C)O[C@H]2[C@H](n3cnc4c(N)ncnc43)O[C@]3(C[C@H](Oc4ccc5cc(Cl)cnc5c4)C3)[C@H]2O1. The van der Waals surface area contributed by atoms with E-state index in [2.05, 4.69) is 19.9 Å². The van der Waals surface area contributed by atoms with Crippen LogP contribution in [0, 0.1) is 0 Å². The third-order valence-corrected chi connectivity index (χ3v) is 7.22. The molecule has 4 aromatic rings. The summed E-state index contributed by atoms with van der Waals surface area (Å²) in [6.45, 7) is 3.84. The average Bonchev–Trinajstić information content (AvgIpc) is 3.44. The summed E-state index contributed by atoms with van der Waals surface area (Å²) in [7, 11) is 0. The van der Waals surface area contributed by atoms with Crippen LogP contribution in [0.3, 0.4) is 0 Å². The highest BCUT2D eigenvalue weighted by atomic mass is 35.5. The summed E-state index contributed by atoms with van der Waals surface area (Å²) in [5, 5.41) is 1.58. The molecule has 2 aliphatic heterocycles. The highest BCUT2D eigenvalue weighted by molar-refractivity contribution is 6.31. The number of nitrogens with zero attached hydrogens (tertiary/aromatic N) is 5. The number of aromatic nitrogens is 5. The summed E-state index contributed by atoms with van der Waals surface area (Å²) in [4.78, 5) is 17.2. The Hall–Kier alpha value is -3.05. The van der Waals surface area contributed by atoms with E-state index in [1.165, 1.54) is 6.33 Å². The minimum Gasteiger partial charge on any atom is -0.490 e. The number of nitrogen functional groups attached to an aromatic ring is 1. The van der Waals surface area contributed by atoms with Crippen LogP contribution < -0.4 is 10.5 Å². The number of halogens is 1. The molecule has 2 saturated heterocycles. The normalized spacial score (nSPS) is 31.2. The summed E-state index contributed by atoms with van der Waals surface area (Å²) in [5.41, 5.74) is 7.42. The lowest BCUT2D eigenvalue weighted by Gasteiger charge is -2.46. The maximum Gasteiger partial charge on any atom is 0.167 e. The number of benzene rings is 1. The fourth-order valence-corrected chi connectivity index (χ4v) is 5.68. The van der Waals surface area contributed by atoms with E-state index in [-0.39, 0.29) is 18.3 Å². The van der Waals surface area contributed by atoms with Gasteiger partial charge in [-0.25, -0.2) is 15.0 Å². The molecule has 35 heavy (non-hydrogen) atoms. The number of ether oxygens (including phenoxy) is 4. The van der Waals surface area contributed by atoms with E-state index in [4.69, 9.17) is 36.3 Å². The van der Waals surface area contributed by atoms with E-state index >= 15 is 0 Å². The van der Waals surface area contributed by atoms with Gasteiger partial charge in [0.1, 0.15) is 41.5 Å². The van der Waals surface area contributed by atoms with Gasteiger partial charge < -0.3 is 24.7 Å². The van der Waals surface area contributed by atoms with Gasteiger partial charge in [-0.2, -0.15) is 0 Å². The number of hydrogen-bond acceptors (Lipinski definition) is 9. The molecule has 1 aliphatic carbocycles. The van der Waals surface area contributed by atoms with Crippen LogP contribution in [0.2, 0.25) is 5.02 Å². The molecule has 0 radical (unpaired) electrons. The van der Waals surface area contributed by atoms with Gasteiger partial charge in [-0.05, 0) is 32.0 Å². The number of hydrogen-bond donors (Lipinski definition) is 1. The predicted molar refractivity (Wildman–Crippen MR) is 127 cm³/mol. The van der Waals surface area contributed by atoms with Crippen molar-refractivity contribution in [1.29, 1.82) is 0 Å². The molecule has 1 spiro atoms.